The first-order chi connectivity index (χ1) is 16.2. The molecule has 2 saturated heterocycles. The second-order valence-corrected chi connectivity index (χ2v) is 15.1. The molecule has 3 aromatic rings. The van der Waals surface area contributed by atoms with E-state index in [-0.39, 0.29) is 29.5 Å². The summed E-state index contributed by atoms with van der Waals surface area (Å²) in [4.78, 5) is 3.30. The largest absolute Gasteiger partial charge is 0.405 e. The molecular weight excluding hydrogens is 442 g/mol. The summed E-state index contributed by atoms with van der Waals surface area (Å²) in [6.07, 6.45) is 1.10. The number of nitrogens with one attached hydrogen (secondary N) is 1. The van der Waals surface area contributed by atoms with Crippen LogP contribution >= 0.6 is 0 Å². The van der Waals surface area contributed by atoms with E-state index >= 15 is 0 Å². The van der Waals surface area contributed by atoms with Gasteiger partial charge in [0.15, 0.2) is 5.79 Å². The van der Waals surface area contributed by atoms with Crippen molar-refractivity contribution in [1.82, 2.24) is 4.98 Å². The molecule has 5 rings (SSSR count). The minimum Gasteiger partial charge on any atom is -0.405 e. The van der Waals surface area contributed by atoms with Crippen LogP contribution in [0.4, 0.5) is 0 Å². The van der Waals surface area contributed by atoms with Crippen LogP contribution in [0.2, 0.25) is 5.04 Å². The Morgan fingerprint density at radius 1 is 0.853 bits per heavy atom. The van der Waals surface area contributed by atoms with E-state index < -0.39 is 14.1 Å². The Bertz CT molecular complexity index is 1040. The van der Waals surface area contributed by atoms with E-state index in [9.17, 15) is 0 Å². The highest BCUT2D eigenvalue weighted by atomic mass is 28.4. The van der Waals surface area contributed by atoms with Crippen LogP contribution in [0.25, 0.3) is 0 Å². The lowest BCUT2D eigenvalue weighted by atomic mass is 10.1. The molecule has 0 bridgehead atoms. The highest BCUT2D eigenvalue weighted by molar-refractivity contribution is 6.99. The fourth-order valence-corrected chi connectivity index (χ4v) is 10.1. The topological polar surface area (TPSA) is 52.7 Å². The SMILES string of the molecule is CC1(C)O[C@@H]2[C@H](O1)[C@@H](CO[Si](c1ccccc1)(c1ccccc1)C(C)(C)C)O[C@H]2c1ccc[nH]1. The molecule has 0 unspecified atom stereocenters. The van der Waals surface area contributed by atoms with Crippen molar-refractivity contribution in [2.45, 2.75) is 69.9 Å². The van der Waals surface area contributed by atoms with Crippen LogP contribution in [-0.4, -0.2) is 44.0 Å². The van der Waals surface area contributed by atoms with Gasteiger partial charge in [-0.25, -0.2) is 0 Å². The van der Waals surface area contributed by atoms with Gasteiger partial charge in [0.2, 0.25) is 0 Å². The van der Waals surface area contributed by atoms with E-state index in [0.29, 0.717) is 6.61 Å². The summed E-state index contributed by atoms with van der Waals surface area (Å²) in [7, 11) is -2.67. The fourth-order valence-electron chi connectivity index (χ4n) is 5.56. The Balaban J connectivity index is 1.50. The van der Waals surface area contributed by atoms with Crippen molar-refractivity contribution in [1.29, 1.82) is 0 Å². The second-order valence-electron chi connectivity index (χ2n) is 10.8. The molecule has 2 aliphatic heterocycles. The Labute approximate surface area is 203 Å². The molecule has 2 aliphatic rings. The molecule has 4 atom stereocenters. The molecule has 180 valence electrons. The van der Waals surface area contributed by atoms with Gasteiger partial charge in [0.05, 0.1) is 6.61 Å². The lowest BCUT2D eigenvalue weighted by Gasteiger charge is -2.43. The minimum atomic E-state index is -2.67. The highest BCUT2D eigenvalue weighted by Gasteiger charge is 2.57. The van der Waals surface area contributed by atoms with Gasteiger partial charge < -0.3 is 23.6 Å². The third kappa shape index (κ3) is 4.08. The third-order valence-electron chi connectivity index (χ3n) is 6.96. The van der Waals surface area contributed by atoms with E-state index in [1.165, 1.54) is 10.4 Å². The van der Waals surface area contributed by atoms with Crippen LogP contribution in [0.1, 0.15) is 46.4 Å². The number of hydrogen-bond donors (Lipinski definition) is 1. The van der Waals surface area contributed by atoms with Crippen molar-refractivity contribution in [3.05, 3.63) is 84.7 Å². The first kappa shape index (κ1) is 23.5. The summed E-state index contributed by atoms with van der Waals surface area (Å²) < 4.78 is 26.4. The van der Waals surface area contributed by atoms with E-state index in [2.05, 4.69) is 86.4 Å². The Kier molecular flexibility index (Phi) is 6.07. The fraction of sp³-hybridized carbons (Fsp3) is 0.429. The summed E-state index contributed by atoms with van der Waals surface area (Å²) in [5, 5.41) is 2.42. The number of aromatic nitrogens is 1. The molecule has 2 aromatic carbocycles. The maximum absolute atomic E-state index is 7.16. The van der Waals surface area contributed by atoms with Crippen LogP contribution in [-0.2, 0) is 18.6 Å². The summed E-state index contributed by atoms with van der Waals surface area (Å²) in [6.45, 7) is 11.2. The smallest absolute Gasteiger partial charge is 0.261 e. The third-order valence-corrected chi connectivity index (χ3v) is 12.0. The Hall–Kier alpha value is -2.22. The summed E-state index contributed by atoms with van der Waals surface area (Å²) in [5.41, 5.74) is 1.00. The molecule has 0 saturated carbocycles. The molecule has 0 aliphatic carbocycles. The molecule has 1 N–H and O–H groups in total. The standard InChI is InChI=1S/C28H35NO4Si/c1-27(2,3)34(20-13-8-6-9-14-20,21-15-10-7-11-16-21)30-19-23-25-26(33-28(4,5)32-25)24(31-23)22-17-12-18-29-22/h6-18,23-26,29H,19H2,1-5H3/t23-,24+,25-,26+/m1/s1. The molecule has 2 fully saturated rings. The monoisotopic (exact) mass is 477 g/mol. The number of fused-ring (bicyclic) bond motifs is 1. The maximum Gasteiger partial charge on any atom is 0.261 e. The van der Waals surface area contributed by atoms with E-state index in [1.54, 1.807) is 0 Å². The van der Waals surface area contributed by atoms with Crippen molar-refractivity contribution < 1.29 is 18.6 Å². The van der Waals surface area contributed by atoms with Gasteiger partial charge >= 0.3 is 0 Å². The van der Waals surface area contributed by atoms with Gasteiger partial charge in [-0.1, -0.05) is 81.4 Å². The molecule has 34 heavy (non-hydrogen) atoms. The average molecular weight is 478 g/mol. The zero-order valence-electron chi connectivity index (χ0n) is 20.7. The van der Waals surface area contributed by atoms with E-state index in [0.717, 1.165) is 5.69 Å². The Morgan fingerprint density at radius 2 is 1.44 bits per heavy atom. The molecule has 1 aromatic heterocycles. The number of aromatic amines is 1. The maximum atomic E-state index is 7.16. The van der Waals surface area contributed by atoms with Crippen molar-refractivity contribution in [3.63, 3.8) is 0 Å². The van der Waals surface area contributed by atoms with Gasteiger partial charge in [0.1, 0.15) is 24.4 Å². The second kappa shape index (κ2) is 8.77. The normalized spacial score (nSPS) is 26.5. The summed E-state index contributed by atoms with van der Waals surface area (Å²) >= 11 is 0. The lowest BCUT2D eigenvalue weighted by molar-refractivity contribution is -0.190. The van der Waals surface area contributed by atoms with Crippen molar-refractivity contribution in [2.75, 3.05) is 6.61 Å². The molecule has 0 radical (unpaired) electrons. The molecule has 0 spiro atoms. The number of ether oxygens (including phenoxy) is 3. The van der Waals surface area contributed by atoms with E-state index in [4.69, 9.17) is 18.6 Å². The van der Waals surface area contributed by atoms with Gasteiger partial charge in [-0.05, 0) is 41.4 Å². The Morgan fingerprint density at radius 3 is 1.97 bits per heavy atom. The molecule has 0 amide bonds. The van der Waals surface area contributed by atoms with Crippen molar-refractivity contribution in [3.8, 4) is 0 Å². The summed E-state index contributed by atoms with van der Waals surface area (Å²) in [6, 6.07) is 25.4. The average Bonchev–Trinajstić information content (AvgIpc) is 3.51. The number of benzene rings is 2. The van der Waals surface area contributed by atoms with Crippen molar-refractivity contribution >= 4 is 18.7 Å². The van der Waals surface area contributed by atoms with Gasteiger partial charge in [-0.3, -0.25) is 0 Å². The van der Waals surface area contributed by atoms with Crippen molar-refractivity contribution in [2.24, 2.45) is 0 Å². The highest BCUT2D eigenvalue weighted by Crippen LogP contribution is 2.45. The van der Waals surface area contributed by atoms with Gasteiger partial charge in [0.25, 0.3) is 8.32 Å². The summed E-state index contributed by atoms with van der Waals surface area (Å²) in [5.74, 6) is -0.653. The minimum absolute atomic E-state index is 0.0983. The molecule has 3 heterocycles. The first-order valence-electron chi connectivity index (χ1n) is 12.1. The van der Waals surface area contributed by atoms with Crippen LogP contribution in [0.3, 0.4) is 0 Å². The zero-order chi connectivity index (χ0) is 24.0. The van der Waals surface area contributed by atoms with Crippen LogP contribution < -0.4 is 10.4 Å². The van der Waals surface area contributed by atoms with Crippen LogP contribution in [0.15, 0.2) is 79.0 Å². The lowest BCUT2D eigenvalue weighted by Crippen LogP contribution is -2.67. The van der Waals surface area contributed by atoms with Gasteiger partial charge in [-0.2, -0.15) is 0 Å². The number of H-pyrrole nitrogens is 1. The van der Waals surface area contributed by atoms with Gasteiger partial charge in [-0.15, -0.1) is 0 Å². The molecule has 5 nitrogen and oxygen atoms in total. The van der Waals surface area contributed by atoms with Crippen LogP contribution in [0, 0.1) is 0 Å². The predicted octanol–water partition coefficient (Wildman–Crippen LogP) is 4.55. The quantitative estimate of drug-likeness (QED) is 0.529. The van der Waals surface area contributed by atoms with E-state index in [1.807, 2.05) is 32.2 Å². The van der Waals surface area contributed by atoms with Crippen LogP contribution in [0.5, 0.6) is 0 Å². The molecule has 6 heteroatoms. The first-order valence-corrected chi connectivity index (χ1v) is 14.0. The van der Waals surface area contributed by atoms with Gasteiger partial charge in [0, 0.05) is 11.9 Å². The zero-order valence-corrected chi connectivity index (χ0v) is 21.7. The number of rotatable bonds is 6. The number of hydrogen-bond acceptors (Lipinski definition) is 4. The molecular formula is C28H35NO4Si. The predicted molar refractivity (Wildman–Crippen MR) is 136 cm³/mol.